The van der Waals surface area contributed by atoms with Crippen LogP contribution in [0, 0.1) is 0 Å². The topological polar surface area (TPSA) is 49.7 Å². The molecule has 0 fully saturated rings. The Hall–Kier alpha value is -1.22. The van der Waals surface area contributed by atoms with Crippen molar-refractivity contribution in [3.05, 3.63) is 23.8 Å². The summed E-state index contributed by atoms with van der Waals surface area (Å²) in [4.78, 5) is 0. The summed E-state index contributed by atoms with van der Waals surface area (Å²) in [6.07, 6.45) is 16.2. The molecule has 25 heavy (non-hydrogen) atoms. The van der Waals surface area contributed by atoms with Gasteiger partial charge in [-0.1, -0.05) is 76.8 Å². The summed E-state index contributed by atoms with van der Waals surface area (Å²) in [5.74, 6) is 0.0467. The Kier molecular flexibility index (Phi) is 13.2. The number of phenolic OH excluding ortho intramolecular Hbond substituents is 2. The van der Waals surface area contributed by atoms with Gasteiger partial charge in [-0.2, -0.15) is 0 Å². The van der Waals surface area contributed by atoms with E-state index in [0.29, 0.717) is 0 Å². The number of hydrogen-bond acceptors (Lipinski definition) is 3. The van der Waals surface area contributed by atoms with E-state index in [1.165, 1.54) is 70.3 Å². The maximum atomic E-state index is 9.76. The highest BCUT2D eigenvalue weighted by Gasteiger charge is 2.04. The third kappa shape index (κ3) is 11.1. The summed E-state index contributed by atoms with van der Waals surface area (Å²) < 4.78 is 5.49. The lowest BCUT2D eigenvalue weighted by Gasteiger charge is -2.06. The van der Waals surface area contributed by atoms with Crippen LogP contribution in [-0.2, 0) is 11.2 Å². The number of aromatic hydroxyl groups is 2. The van der Waals surface area contributed by atoms with Gasteiger partial charge >= 0.3 is 0 Å². The van der Waals surface area contributed by atoms with Crippen LogP contribution < -0.4 is 0 Å². The smallest absolute Gasteiger partial charge is 0.160 e. The molecule has 0 aliphatic heterocycles. The van der Waals surface area contributed by atoms with Gasteiger partial charge in [-0.25, -0.2) is 0 Å². The van der Waals surface area contributed by atoms with E-state index in [9.17, 15) is 10.2 Å². The summed E-state index contributed by atoms with van der Waals surface area (Å²) in [6.45, 7) is 4.00. The SMILES string of the molecule is CCCOCCCCCCCCCCCCCc1cccc(O)c1O. The van der Waals surface area contributed by atoms with E-state index < -0.39 is 0 Å². The zero-order chi connectivity index (χ0) is 18.2. The van der Waals surface area contributed by atoms with E-state index in [4.69, 9.17) is 4.74 Å². The van der Waals surface area contributed by atoms with Crippen LogP contribution in [0.25, 0.3) is 0 Å². The molecule has 3 heteroatoms. The molecule has 144 valence electrons. The molecule has 0 aliphatic rings. The van der Waals surface area contributed by atoms with Crippen LogP contribution in [0.15, 0.2) is 18.2 Å². The lowest BCUT2D eigenvalue weighted by Crippen LogP contribution is -1.95. The van der Waals surface area contributed by atoms with Crippen molar-refractivity contribution < 1.29 is 14.9 Å². The Balaban J connectivity index is 1.82. The van der Waals surface area contributed by atoms with Gasteiger partial charge in [0.15, 0.2) is 11.5 Å². The maximum Gasteiger partial charge on any atom is 0.160 e. The van der Waals surface area contributed by atoms with Gasteiger partial charge in [0.05, 0.1) is 0 Å². The van der Waals surface area contributed by atoms with Crippen molar-refractivity contribution in [1.82, 2.24) is 0 Å². The Bertz CT molecular complexity index is 431. The van der Waals surface area contributed by atoms with Gasteiger partial charge in [-0.15, -0.1) is 0 Å². The fourth-order valence-electron chi connectivity index (χ4n) is 3.14. The van der Waals surface area contributed by atoms with Crippen molar-refractivity contribution in [3.63, 3.8) is 0 Å². The largest absolute Gasteiger partial charge is 0.504 e. The van der Waals surface area contributed by atoms with Gasteiger partial charge in [0.2, 0.25) is 0 Å². The molecular formula is C22H38O3. The molecule has 0 unspecified atom stereocenters. The number of para-hydroxylation sites is 1. The second kappa shape index (κ2) is 15.1. The molecular weight excluding hydrogens is 312 g/mol. The maximum absolute atomic E-state index is 9.76. The Morgan fingerprint density at radius 3 is 1.88 bits per heavy atom. The summed E-state index contributed by atoms with van der Waals surface area (Å²) in [5, 5.41) is 19.2. The number of hydrogen-bond donors (Lipinski definition) is 2. The zero-order valence-electron chi connectivity index (χ0n) is 16.1. The monoisotopic (exact) mass is 350 g/mol. The van der Waals surface area contributed by atoms with Gasteiger partial charge in [0, 0.05) is 13.2 Å². The lowest BCUT2D eigenvalue weighted by atomic mass is 10.0. The van der Waals surface area contributed by atoms with Crippen LogP contribution in [0.5, 0.6) is 11.5 Å². The number of benzene rings is 1. The fraction of sp³-hybridized carbons (Fsp3) is 0.727. The second-order valence-corrected chi connectivity index (χ2v) is 7.04. The minimum atomic E-state index is -0.00835. The molecule has 0 aliphatic carbocycles. The van der Waals surface area contributed by atoms with Crippen molar-refractivity contribution >= 4 is 0 Å². The highest BCUT2D eigenvalue weighted by atomic mass is 16.5. The number of ether oxygens (including phenoxy) is 1. The molecule has 1 aromatic rings. The predicted octanol–water partition coefficient (Wildman–Crippen LogP) is 6.36. The van der Waals surface area contributed by atoms with Gasteiger partial charge < -0.3 is 14.9 Å². The van der Waals surface area contributed by atoms with E-state index in [-0.39, 0.29) is 11.5 Å². The minimum Gasteiger partial charge on any atom is -0.504 e. The van der Waals surface area contributed by atoms with Crippen LogP contribution in [-0.4, -0.2) is 23.4 Å². The van der Waals surface area contributed by atoms with Crippen LogP contribution in [0.4, 0.5) is 0 Å². The van der Waals surface area contributed by atoms with Crippen LogP contribution in [0.1, 0.15) is 89.5 Å². The summed E-state index contributed by atoms with van der Waals surface area (Å²) in [7, 11) is 0. The molecule has 0 radical (unpaired) electrons. The molecule has 0 bridgehead atoms. The van der Waals surface area contributed by atoms with Gasteiger partial charge in [0.25, 0.3) is 0 Å². The molecule has 3 nitrogen and oxygen atoms in total. The molecule has 0 heterocycles. The van der Waals surface area contributed by atoms with E-state index in [0.717, 1.165) is 38.0 Å². The molecule has 0 saturated heterocycles. The van der Waals surface area contributed by atoms with E-state index in [1.807, 2.05) is 6.07 Å². The average Bonchev–Trinajstić information content (AvgIpc) is 2.61. The van der Waals surface area contributed by atoms with E-state index in [2.05, 4.69) is 6.92 Å². The molecule has 0 atom stereocenters. The summed E-state index contributed by atoms with van der Waals surface area (Å²) in [6, 6.07) is 5.21. The molecule has 1 aromatic carbocycles. The van der Waals surface area contributed by atoms with Crippen LogP contribution in [0.3, 0.4) is 0 Å². The molecule has 0 amide bonds. The Morgan fingerprint density at radius 1 is 0.720 bits per heavy atom. The van der Waals surface area contributed by atoms with Crippen molar-refractivity contribution in [2.45, 2.75) is 90.4 Å². The second-order valence-electron chi connectivity index (χ2n) is 7.04. The number of phenols is 2. The molecule has 0 saturated carbocycles. The Morgan fingerprint density at radius 2 is 1.28 bits per heavy atom. The van der Waals surface area contributed by atoms with E-state index in [1.54, 1.807) is 6.07 Å². The third-order valence-corrected chi connectivity index (χ3v) is 4.68. The van der Waals surface area contributed by atoms with Gasteiger partial charge in [0.1, 0.15) is 0 Å². The molecule has 0 spiro atoms. The quantitative estimate of drug-likeness (QED) is 0.269. The van der Waals surface area contributed by atoms with Crippen LogP contribution in [0.2, 0.25) is 0 Å². The standard InChI is InChI=1S/C22H38O3/c1-2-18-25-19-13-11-9-7-5-3-4-6-8-10-12-15-20-16-14-17-21(23)22(20)24/h14,16-17,23-24H,2-13,15,18-19H2,1H3. The highest BCUT2D eigenvalue weighted by Crippen LogP contribution is 2.29. The van der Waals surface area contributed by atoms with E-state index >= 15 is 0 Å². The minimum absolute atomic E-state index is 0.00835. The average molecular weight is 351 g/mol. The van der Waals surface area contributed by atoms with Crippen molar-refractivity contribution in [2.24, 2.45) is 0 Å². The van der Waals surface area contributed by atoms with Crippen molar-refractivity contribution in [2.75, 3.05) is 13.2 Å². The first-order valence-electron chi connectivity index (χ1n) is 10.3. The molecule has 1 rings (SSSR count). The lowest BCUT2D eigenvalue weighted by molar-refractivity contribution is 0.130. The van der Waals surface area contributed by atoms with Crippen LogP contribution >= 0.6 is 0 Å². The number of rotatable bonds is 16. The Labute approximate surface area is 154 Å². The predicted molar refractivity (Wildman–Crippen MR) is 105 cm³/mol. The molecule has 2 N–H and O–H groups in total. The van der Waals surface area contributed by atoms with Crippen molar-refractivity contribution in [3.8, 4) is 11.5 Å². The fourth-order valence-corrected chi connectivity index (χ4v) is 3.14. The zero-order valence-corrected chi connectivity index (χ0v) is 16.1. The summed E-state index contributed by atoms with van der Waals surface area (Å²) >= 11 is 0. The van der Waals surface area contributed by atoms with Gasteiger partial charge in [-0.3, -0.25) is 0 Å². The van der Waals surface area contributed by atoms with Gasteiger partial charge in [-0.05, 0) is 37.3 Å². The van der Waals surface area contributed by atoms with Crippen molar-refractivity contribution in [1.29, 1.82) is 0 Å². The summed E-state index contributed by atoms with van der Waals surface area (Å²) in [5.41, 5.74) is 0.861. The first-order valence-corrected chi connectivity index (χ1v) is 10.3. The number of unbranched alkanes of at least 4 members (excludes halogenated alkanes) is 10. The molecule has 0 aromatic heterocycles. The highest BCUT2D eigenvalue weighted by molar-refractivity contribution is 5.44. The third-order valence-electron chi connectivity index (χ3n) is 4.68. The normalized spacial score (nSPS) is 11.1. The number of aryl methyl sites for hydroxylation is 1. The first-order chi connectivity index (χ1) is 12.3. The first kappa shape index (κ1) is 21.8.